The molecule has 0 heterocycles. The van der Waals surface area contributed by atoms with E-state index in [2.05, 4.69) is 12.2 Å². The number of nitrogens with zero attached hydrogens (tertiary/aromatic N) is 1. The van der Waals surface area contributed by atoms with Gasteiger partial charge in [-0.15, -0.1) is 0 Å². The first-order valence-electron chi connectivity index (χ1n) is 10.2. The molecule has 0 fully saturated rings. The number of carbonyl (C=O) groups is 1. The first kappa shape index (κ1) is 23.3. The van der Waals surface area contributed by atoms with Crippen molar-refractivity contribution in [1.29, 1.82) is 5.26 Å². The number of nitriles is 1. The summed E-state index contributed by atoms with van der Waals surface area (Å²) in [5.74, 6) is 0.717. The zero-order valence-electron chi connectivity index (χ0n) is 17.4. The van der Waals surface area contributed by atoms with E-state index >= 15 is 0 Å². The second-order valence-electron chi connectivity index (χ2n) is 6.65. The molecule has 0 aliphatic carbocycles. The van der Waals surface area contributed by atoms with Gasteiger partial charge in [0.25, 0.3) is 5.91 Å². The third-order valence-corrected chi connectivity index (χ3v) is 4.65. The minimum Gasteiger partial charge on any atom is -0.490 e. The standard InChI is InChI=1S/C24H27ClN2O3/c1-3-5-6-9-14-30-22-13-12-18(16-23(22)29-4-2)15-19(17-26)24(28)27-21-11-8-7-10-20(21)25/h7-8,10-13,15-16H,3-6,9,14H2,1-2H3,(H,27,28)/b19-15+. The summed E-state index contributed by atoms with van der Waals surface area (Å²) in [6.07, 6.45) is 6.00. The van der Waals surface area contributed by atoms with Crippen LogP contribution in [-0.4, -0.2) is 19.1 Å². The van der Waals surface area contributed by atoms with Gasteiger partial charge in [0.2, 0.25) is 0 Å². The molecule has 1 N–H and O–H groups in total. The molecule has 0 spiro atoms. The molecule has 0 aliphatic rings. The molecule has 0 radical (unpaired) electrons. The van der Waals surface area contributed by atoms with E-state index in [1.807, 2.05) is 13.0 Å². The van der Waals surface area contributed by atoms with Gasteiger partial charge >= 0.3 is 0 Å². The first-order chi connectivity index (χ1) is 14.6. The third-order valence-electron chi connectivity index (χ3n) is 4.32. The fraction of sp³-hybridized carbons (Fsp3) is 0.333. The van der Waals surface area contributed by atoms with Crippen LogP contribution in [0.1, 0.15) is 45.1 Å². The van der Waals surface area contributed by atoms with Gasteiger partial charge in [-0.25, -0.2) is 0 Å². The van der Waals surface area contributed by atoms with Crippen molar-refractivity contribution in [2.45, 2.75) is 39.5 Å². The molecular formula is C24H27ClN2O3. The van der Waals surface area contributed by atoms with Gasteiger partial charge in [-0.2, -0.15) is 5.26 Å². The van der Waals surface area contributed by atoms with Gasteiger partial charge in [-0.1, -0.05) is 56.0 Å². The molecule has 0 aliphatic heterocycles. The molecule has 1 amide bonds. The summed E-state index contributed by atoms with van der Waals surface area (Å²) in [4.78, 5) is 12.5. The summed E-state index contributed by atoms with van der Waals surface area (Å²) in [5.41, 5.74) is 1.08. The number of hydrogen-bond donors (Lipinski definition) is 1. The Hall–Kier alpha value is -2.97. The lowest BCUT2D eigenvalue weighted by Crippen LogP contribution is -2.13. The Kier molecular flexibility index (Phi) is 9.76. The predicted octanol–water partition coefficient (Wildman–Crippen LogP) is 6.24. The SMILES string of the molecule is CCCCCCOc1ccc(/C=C(\C#N)C(=O)Nc2ccccc2Cl)cc1OCC. The van der Waals surface area contributed by atoms with Gasteiger partial charge in [-0.05, 0) is 49.2 Å². The number of ether oxygens (including phenoxy) is 2. The maximum absolute atomic E-state index is 12.5. The van der Waals surface area contributed by atoms with Gasteiger partial charge in [0, 0.05) is 0 Å². The predicted molar refractivity (Wildman–Crippen MR) is 121 cm³/mol. The van der Waals surface area contributed by atoms with Crippen molar-refractivity contribution in [2.24, 2.45) is 0 Å². The van der Waals surface area contributed by atoms with E-state index in [-0.39, 0.29) is 5.57 Å². The van der Waals surface area contributed by atoms with Crippen LogP contribution in [0.2, 0.25) is 5.02 Å². The molecule has 0 saturated heterocycles. The van der Waals surface area contributed by atoms with Crippen LogP contribution in [0.4, 0.5) is 5.69 Å². The van der Waals surface area contributed by atoms with Crippen LogP contribution in [0.15, 0.2) is 48.0 Å². The smallest absolute Gasteiger partial charge is 0.266 e. The number of rotatable bonds is 11. The summed E-state index contributed by atoms with van der Waals surface area (Å²) in [6, 6.07) is 14.2. The van der Waals surface area contributed by atoms with Crippen molar-refractivity contribution in [3.05, 3.63) is 58.6 Å². The van der Waals surface area contributed by atoms with E-state index in [1.165, 1.54) is 18.9 Å². The van der Waals surface area contributed by atoms with Crippen molar-refractivity contribution in [3.8, 4) is 17.6 Å². The minimum atomic E-state index is -0.528. The van der Waals surface area contributed by atoms with Crippen molar-refractivity contribution in [1.82, 2.24) is 0 Å². The Morgan fingerprint density at radius 1 is 1.10 bits per heavy atom. The second-order valence-corrected chi connectivity index (χ2v) is 7.06. The number of benzene rings is 2. The maximum Gasteiger partial charge on any atom is 0.266 e. The van der Waals surface area contributed by atoms with Crippen LogP contribution in [0.25, 0.3) is 6.08 Å². The molecule has 30 heavy (non-hydrogen) atoms. The maximum atomic E-state index is 12.5. The first-order valence-corrected chi connectivity index (χ1v) is 10.5. The largest absolute Gasteiger partial charge is 0.490 e. The van der Waals surface area contributed by atoms with Crippen molar-refractivity contribution in [3.63, 3.8) is 0 Å². The van der Waals surface area contributed by atoms with Gasteiger partial charge in [0.05, 0.1) is 23.9 Å². The summed E-state index contributed by atoms with van der Waals surface area (Å²) in [5, 5.41) is 12.5. The molecule has 5 nitrogen and oxygen atoms in total. The average Bonchev–Trinajstić information content (AvgIpc) is 2.75. The van der Waals surface area contributed by atoms with Crippen molar-refractivity contribution >= 4 is 29.3 Å². The molecular weight excluding hydrogens is 400 g/mol. The van der Waals surface area contributed by atoms with Gasteiger partial charge < -0.3 is 14.8 Å². The van der Waals surface area contributed by atoms with E-state index in [0.717, 1.165) is 12.8 Å². The van der Waals surface area contributed by atoms with Crippen LogP contribution in [0.3, 0.4) is 0 Å². The Bertz CT molecular complexity index is 919. The van der Waals surface area contributed by atoms with Crippen LogP contribution in [0.5, 0.6) is 11.5 Å². The Balaban J connectivity index is 2.14. The number of para-hydroxylation sites is 1. The highest BCUT2D eigenvalue weighted by Crippen LogP contribution is 2.30. The molecule has 0 bridgehead atoms. The van der Waals surface area contributed by atoms with E-state index in [4.69, 9.17) is 21.1 Å². The summed E-state index contributed by atoms with van der Waals surface area (Å²) < 4.78 is 11.5. The highest BCUT2D eigenvalue weighted by atomic mass is 35.5. The Labute approximate surface area is 183 Å². The van der Waals surface area contributed by atoms with Crippen LogP contribution < -0.4 is 14.8 Å². The van der Waals surface area contributed by atoms with E-state index in [9.17, 15) is 10.1 Å². The number of halogens is 1. The van der Waals surface area contributed by atoms with Crippen LogP contribution in [-0.2, 0) is 4.79 Å². The molecule has 2 aromatic rings. The van der Waals surface area contributed by atoms with E-state index in [1.54, 1.807) is 42.5 Å². The van der Waals surface area contributed by atoms with Crippen LogP contribution >= 0.6 is 11.6 Å². The van der Waals surface area contributed by atoms with E-state index in [0.29, 0.717) is 41.0 Å². The molecule has 0 aromatic heterocycles. The molecule has 0 unspecified atom stereocenters. The number of nitrogens with one attached hydrogen (secondary N) is 1. The lowest BCUT2D eigenvalue weighted by atomic mass is 10.1. The quantitative estimate of drug-likeness (QED) is 0.262. The number of carbonyl (C=O) groups excluding carboxylic acids is 1. The summed E-state index contributed by atoms with van der Waals surface area (Å²) in [6.45, 7) is 5.17. The third kappa shape index (κ3) is 7.13. The highest BCUT2D eigenvalue weighted by Gasteiger charge is 2.12. The lowest BCUT2D eigenvalue weighted by molar-refractivity contribution is -0.112. The fourth-order valence-corrected chi connectivity index (χ4v) is 2.96. The van der Waals surface area contributed by atoms with Crippen molar-refractivity contribution < 1.29 is 14.3 Å². The molecule has 0 atom stereocenters. The molecule has 2 aromatic carbocycles. The lowest BCUT2D eigenvalue weighted by Gasteiger charge is -2.13. The number of amides is 1. The summed E-state index contributed by atoms with van der Waals surface area (Å²) in [7, 11) is 0. The Morgan fingerprint density at radius 2 is 1.90 bits per heavy atom. The zero-order chi connectivity index (χ0) is 21.8. The zero-order valence-corrected chi connectivity index (χ0v) is 18.2. The average molecular weight is 427 g/mol. The van der Waals surface area contributed by atoms with Gasteiger partial charge in [0.15, 0.2) is 11.5 Å². The number of anilines is 1. The normalized spacial score (nSPS) is 10.9. The highest BCUT2D eigenvalue weighted by molar-refractivity contribution is 6.34. The molecule has 6 heteroatoms. The minimum absolute atomic E-state index is 0.0365. The molecule has 158 valence electrons. The van der Waals surface area contributed by atoms with Gasteiger partial charge in [0.1, 0.15) is 11.6 Å². The Morgan fingerprint density at radius 3 is 2.60 bits per heavy atom. The number of unbranched alkanes of at least 4 members (excludes halogenated alkanes) is 3. The second kappa shape index (κ2) is 12.6. The monoisotopic (exact) mass is 426 g/mol. The molecule has 2 rings (SSSR count). The fourth-order valence-electron chi connectivity index (χ4n) is 2.78. The topological polar surface area (TPSA) is 71.3 Å². The van der Waals surface area contributed by atoms with Crippen molar-refractivity contribution in [2.75, 3.05) is 18.5 Å². The van der Waals surface area contributed by atoms with Gasteiger partial charge in [-0.3, -0.25) is 4.79 Å². The van der Waals surface area contributed by atoms with Crippen LogP contribution in [0, 0.1) is 11.3 Å². The molecule has 0 saturated carbocycles. The van der Waals surface area contributed by atoms with E-state index < -0.39 is 5.91 Å². The number of hydrogen-bond acceptors (Lipinski definition) is 4. The summed E-state index contributed by atoms with van der Waals surface area (Å²) >= 11 is 6.07.